The minimum absolute atomic E-state index is 0.0963. The average Bonchev–Trinajstić information content (AvgIpc) is 2.42. The van der Waals surface area contributed by atoms with Crippen molar-refractivity contribution in [2.75, 3.05) is 38.8 Å². The average molecular weight is 264 g/mol. The third-order valence-corrected chi connectivity index (χ3v) is 2.97. The highest BCUT2D eigenvalue weighted by Gasteiger charge is 2.17. The Morgan fingerprint density at radius 1 is 1.42 bits per heavy atom. The largest absolute Gasteiger partial charge is 0.496 e. The van der Waals surface area contributed by atoms with Crippen LogP contribution in [0.3, 0.4) is 0 Å². The van der Waals surface area contributed by atoms with E-state index < -0.39 is 0 Å². The van der Waals surface area contributed by atoms with Crippen LogP contribution in [0.1, 0.15) is 18.5 Å². The minimum atomic E-state index is -0.0963. The fourth-order valence-corrected chi connectivity index (χ4v) is 2.11. The van der Waals surface area contributed by atoms with Gasteiger partial charge in [-0.05, 0) is 19.1 Å². The Bertz CT molecular complexity index is 405. The minimum Gasteiger partial charge on any atom is -0.496 e. The van der Waals surface area contributed by atoms with E-state index in [1.54, 1.807) is 14.2 Å². The zero-order valence-corrected chi connectivity index (χ0v) is 12.1. The molecular formula is C15H24N2O2. The molecule has 0 saturated heterocycles. The van der Waals surface area contributed by atoms with Gasteiger partial charge in [0.2, 0.25) is 0 Å². The summed E-state index contributed by atoms with van der Waals surface area (Å²) >= 11 is 0. The van der Waals surface area contributed by atoms with Gasteiger partial charge >= 0.3 is 0 Å². The first-order valence-corrected chi connectivity index (χ1v) is 6.43. The van der Waals surface area contributed by atoms with Gasteiger partial charge < -0.3 is 20.1 Å². The molecular weight excluding hydrogens is 240 g/mol. The number of hydrogen-bond acceptors (Lipinski definition) is 4. The molecule has 4 heteroatoms. The lowest BCUT2D eigenvalue weighted by Crippen LogP contribution is -2.29. The lowest BCUT2D eigenvalue weighted by Gasteiger charge is -2.28. The zero-order valence-electron chi connectivity index (χ0n) is 12.1. The molecule has 0 aliphatic carbocycles. The van der Waals surface area contributed by atoms with Gasteiger partial charge in [0.25, 0.3) is 0 Å². The summed E-state index contributed by atoms with van der Waals surface area (Å²) in [5.41, 5.74) is 8.18. The second-order valence-electron chi connectivity index (χ2n) is 4.41. The number of nitrogens with two attached hydrogens (primary N) is 1. The molecule has 0 aromatic heterocycles. The quantitative estimate of drug-likeness (QED) is 0.732. The number of methoxy groups -OCH3 is 2. The van der Waals surface area contributed by atoms with E-state index >= 15 is 0 Å². The first kappa shape index (κ1) is 15.5. The highest BCUT2D eigenvalue weighted by Crippen LogP contribution is 2.33. The standard InChI is InChI=1S/C15H24N2O2/c1-5-9-17(10-11-18-3)13-7-6-8-14(19-4)15(13)12(2)16/h5-8,12H,1,9-11,16H2,2-4H3. The van der Waals surface area contributed by atoms with E-state index in [0.29, 0.717) is 6.61 Å². The van der Waals surface area contributed by atoms with Crippen molar-refractivity contribution in [1.82, 2.24) is 0 Å². The van der Waals surface area contributed by atoms with E-state index in [-0.39, 0.29) is 6.04 Å². The molecule has 1 atom stereocenters. The topological polar surface area (TPSA) is 47.7 Å². The van der Waals surface area contributed by atoms with Crippen molar-refractivity contribution in [3.63, 3.8) is 0 Å². The van der Waals surface area contributed by atoms with Crippen LogP contribution in [0.5, 0.6) is 5.75 Å². The molecule has 1 rings (SSSR count). The van der Waals surface area contributed by atoms with Crippen molar-refractivity contribution in [2.24, 2.45) is 5.73 Å². The Morgan fingerprint density at radius 2 is 2.16 bits per heavy atom. The van der Waals surface area contributed by atoms with Crippen molar-refractivity contribution in [2.45, 2.75) is 13.0 Å². The van der Waals surface area contributed by atoms with Crippen LogP contribution in [0.25, 0.3) is 0 Å². The van der Waals surface area contributed by atoms with Gasteiger partial charge in [-0.2, -0.15) is 0 Å². The second kappa shape index (κ2) is 7.81. The van der Waals surface area contributed by atoms with Crippen molar-refractivity contribution in [3.8, 4) is 5.75 Å². The molecule has 4 nitrogen and oxygen atoms in total. The van der Waals surface area contributed by atoms with Gasteiger partial charge in [-0.25, -0.2) is 0 Å². The van der Waals surface area contributed by atoms with Crippen molar-refractivity contribution < 1.29 is 9.47 Å². The van der Waals surface area contributed by atoms with Crippen LogP contribution in [0, 0.1) is 0 Å². The summed E-state index contributed by atoms with van der Waals surface area (Å²) in [4.78, 5) is 2.19. The first-order valence-electron chi connectivity index (χ1n) is 6.43. The molecule has 19 heavy (non-hydrogen) atoms. The number of hydrogen-bond donors (Lipinski definition) is 1. The summed E-state index contributed by atoms with van der Waals surface area (Å²) in [6.07, 6.45) is 1.88. The van der Waals surface area contributed by atoms with Crippen LogP contribution in [0.4, 0.5) is 5.69 Å². The molecule has 0 amide bonds. The van der Waals surface area contributed by atoms with Gasteiger partial charge in [0.15, 0.2) is 0 Å². The molecule has 0 bridgehead atoms. The molecule has 0 saturated carbocycles. The SMILES string of the molecule is C=CCN(CCOC)c1cccc(OC)c1C(C)N. The summed E-state index contributed by atoms with van der Waals surface area (Å²) in [5.74, 6) is 0.818. The van der Waals surface area contributed by atoms with Crippen LogP contribution in [-0.4, -0.2) is 33.9 Å². The molecule has 106 valence electrons. The molecule has 0 aliphatic rings. The third-order valence-electron chi connectivity index (χ3n) is 2.97. The molecule has 0 spiro atoms. The fourth-order valence-electron chi connectivity index (χ4n) is 2.11. The molecule has 1 aromatic carbocycles. The predicted molar refractivity (Wildman–Crippen MR) is 79.9 cm³/mol. The smallest absolute Gasteiger partial charge is 0.125 e. The van der Waals surface area contributed by atoms with Crippen molar-refractivity contribution >= 4 is 5.69 Å². The molecule has 0 fully saturated rings. The lowest BCUT2D eigenvalue weighted by atomic mass is 10.0. The van der Waals surface area contributed by atoms with E-state index in [4.69, 9.17) is 15.2 Å². The van der Waals surface area contributed by atoms with Crippen molar-refractivity contribution in [1.29, 1.82) is 0 Å². The Labute approximate surface area is 115 Å². The van der Waals surface area contributed by atoms with E-state index in [1.807, 2.05) is 25.1 Å². The molecule has 1 unspecified atom stereocenters. The molecule has 0 heterocycles. The van der Waals surface area contributed by atoms with Gasteiger partial charge in [-0.1, -0.05) is 12.1 Å². The maximum atomic E-state index is 6.09. The van der Waals surface area contributed by atoms with E-state index in [2.05, 4.69) is 17.5 Å². The van der Waals surface area contributed by atoms with Crippen LogP contribution >= 0.6 is 0 Å². The number of rotatable bonds is 8. The number of benzene rings is 1. The lowest BCUT2D eigenvalue weighted by molar-refractivity contribution is 0.205. The van der Waals surface area contributed by atoms with Gasteiger partial charge in [-0.3, -0.25) is 0 Å². The monoisotopic (exact) mass is 264 g/mol. The van der Waals surface area contributed by atoms with E-state index in [0.717, 1.165) is 30.1 Å². The predicted octanol–water partition coefficient (Wildman–Crippen LogP) is 2.35. The van der Waals surface area contributed by atoms with Gasteiger partial charge in [0.1, 0.15) is 5.75 Å². The zero-order chi connectivity index (χ0) is 14.3. The number of nitrogens with zero attached hydrogens (tertiary/aromatic N) is 1. The Morgan fingerprint density at radius 3 is 2.68 bits per heavy atom. The van der Waals surface area contributed by atoms with Gasteiger partial charge in [0, 0.05) is 37.5 Å². The van der Waals surface area contributed by atoms with E-state index in [9.17, 15) is 0 Å². The Kier molecular flexibility index (Phi) is 6.39. The molecule has 1 aromatic rings. The summed E-state index contributed by atoms with van der Waals surface area (Å²) in [7, 11) is 3.36. The molecule has 2 N–H and O–H groups in total. The van der Waals surface area contributed by atoms with Crippen LogP contribution in [0.2, 0.25) is 0 Å². The normalized spacial score (nSPS) is 12.0. The Balaban J connectivity index is 3.16. The van der Waals surface area contributed by atoms with Crippen LogP contribution < -0.4 is 15.4 Å². The first-order chi connectivity index (χ1) is 9.15. The fraction of sp³-hybridized carbons (Fsp3) is 0.467. The Hall–Kier alpha value is -1.52. The third kappa shape index (κ3) is 3.98. The highest BCUT2D eigenvalue weighted by atomic mass is 16.5. The number of ether oxygens (including phenoxy) is 2. The maximum absolute atomic E-state index is 6.09. The molecule has 0 aliphatic heterocycles. The summed E-state index contributed by atoms with van der Waals surface area (Å²) in [6, 6.07) is 5.87. The highest BCUT2D eigenvalue weighted by molar-refractivity contribution is 5.61. The maximum Gasteiger partial charge on any atom is 0.125 e. The van der Waals surface area contributed by atoms with E-state index in [1.165, 1.54) is 0 Å². The van der Waals surface area contributed by atoms with Gasteiger partial charge in [-0.15, -0.1) is 6.58 Å². The molecule has 0 radical (unpaired) electrons. The summed E-state index contributed by atoms with van der Waals surface area (Å²) < 4.78 is 10.6. The van der Waals surface area contributed by atoms with Gasteiger partial charge in [0.05, 0.1) is 13.7 Å². The summed E-state index contributed by atoms with van der Waals surface area (Å²) in [5, 5.41) is 0. The van der Waals surface area contributed by atoms with Crippen LogP contribution in [-0.2, 0) is 4.74 Å². The van der Waals surface area contributed by atoms with Crippen molar-refractivity contribution in [3.05, 3.63) is 36.4 Å². The summed E-state index contributed by atoms with van der Waals surface area (Å²) in [6.45, 7) is 7.96. The number of anilines is 1. The second-order valence-corrected chi connectivity index (χ2v) is 4.41. The van der Waals surface area contributed by atoms with Crippen LogP contribution in [0.15, 0.2) is 30.9 Å².